The summed E-state index contributed by atoms with van der Waals surface area (Å²) in [6.45, 7) is 2.57. The van der Waals surface area contributed by atoms with Crippen molar-refractivity contribution in [3.05, 3.63) is 65.7 Å². The predicted molar refractivity (Wildman–Crippen MR) is 108 cm³/mol. The number of benzene rings is 2. The summed E-state index contributed by atoms with van der Waals surface area (Å²) in [5, 5.41) is 7.22. The minimum atomic E-state index is 0.709. The van der Waals surface area contributed by atoms with Crippen molar-refractivity contribution >= 4 is 29.1 Å². The van der Waals surface area contributed by atoms with Gasteiger partial charge in [0.1, 0.15) is 0 Å². The molecule has 0 aromatic heterocycles. The van der Waals surface area contributed by atoms with Crippen LogP contribution < -0.4 is 10.6 Å². The first-order valence-electron chi connectivity index (χ1n) is 8.05. The number of nitrogens with one attached hydrogen (secondary N) is 2. The van der Waals surface area contributed by atoms with Gasteiger partial charge in [0, 0.05) is 30.3 Å². The minimum Gasteiger partial charge on any atom is -0.362 e. The van der Waals surface area contributed by atoms with Crippen LogP contribution in [0.4, 0.5) is 0 Å². The second-order valence-electron chi connectivity index (χ2n) is 5.83. The molecule has 5 heteroatoms. The summed E-state index contributed by atoms with van der Waals surface area (Å²) in [5.74, 6) is 0.991. The molecule has 2 rings (SSSR count). The Morgan fingerprint density at radius 1 is 0.958 bits per heavy atom. The average Bonchev–Trinajstić information content (AvgIpc) is 2.58. The molecule has 0 bridgehead atoms. The van der Waals surface area contributed by atoms with Crippen molar-refractivity contribution in [1.82, 2.24) is 15.5 Å². The molecule has 2 N–H and O–H groups in total. The molecule has 0 saturated heterocycles. The van der Waals surface area contributed by atoms with E-state index < -0.39 is 0 Å². The van der Waals surface area contributed by atoms with Gasteiger partial charge in [-0.2, -0.15) is 0 Å². The van der Waals surface area contributed by atoms with Gasteiger partial charge >= 0.3 is 0 Å². The van der Waals surface area contributed by atoms with E-state index in [1.165, 1.54) is 16.0 Å². The van der Waals surface area contributed by atoms with Crippen LogP contribution in [0.1, 0.15) is 11.1 Å². The third kappa shape index (κ3) is 7.34. The highest BCUT2D eigenvalue weighted by molar-refractivity contribution is 7.99. The van der Waals surface area contributed by atoms with Gasteiger partial charge in [-0.1, -0.05) is 42.5 Å². The Bertz CT molecular complexity index is 612. The quantitative estimate of drug-likeness (QED) is 0.427. The Morgan fingerprint density at radius 3 is 2.29 bits per heavy atom. The number of hydrogen-bond acceptors (Lipinski definition) is 3. The number of thiocarbonyl (C=S) groups is 1. The summed E-state index contributed by atoms with van der Waals surface area (Å²) in [7, 11) is 4.16. The standard InChI is InChI=1S/C19H25N3S2/c1-22(2)15-17-10-8-16(9-11-17)14-21-19(23)20-12-13-24-18-6-4-3-5-7-18/h3-11H,12-15H2,1-2H3,(H2,20,21,23). The van der Waals surface area contributed by atoms with Crippen LogP contribution >= 0.6 is 24.0 Å². The van der Waals surface area contributed by atoms with Crippen molar-refractivity contribution in [3.63, 3.8) is 0 Å². The molecule has 0 aliphatic heterocycles. The van der Waals surface area contributed by atoms with Gasteiger partial charge < -0.3 is 15.5 Å². The maximum Gasteiger partial charge on any atom is 0.166 e. The van der Waals surface area contributed by atoms with E-state index in [2.05, 4.69) is 78.2 Å². The summed E-state index contributed by atoms with van der Waals surface area (Å²) < 4.78 is 0. The topological polar surface area (TPSA) is 27.3 Å². The normalized spacial score (nSPS) is 10.6. The van der Waals surface area contributed by atoms with Gasteiger partial charge in [-0.05, 0) is 49.6 Å². The zero-order valence-electron chi connectivity index (χ0n) is 14.3. The summed E-state index contributed by atoms with van der Waals surface area (Å²) in [6.07, 6.45) is 0. The van der Waals surface area contributed by atoms with E-state index in [0.29, 0.717) is 5.11 Å². The molecule has 0 fully saturated rings. The molecule has 0 atom stereocenters. The third-order valence-electron chi connectivity index (χ3n) is 3.37. The van der Waals surface area contributed by atoms with Gasteiger partial charge in [-0.25, -0.2) is 0 Å². The molecular weight excluding hydrogens is 334 g/mol. The first-order chi connectivity index (χ1) is 11.6. The number of hydrogen-bond donors (Lipinski definition) is 2. The Balaban J connectivity index is 1.62. The number of nitrogens with zero attached hydrogens (tertiary/aromatic N) is 1. The summed E-state index contributed by atoms with van der Waals surface area (Å²) >= 11 is 7.16. The van der Waals surface area contributed by atoms with Gasteiger partial charge in [-0.3, -0.25) is 0 Å². The first kappa shape index (κ1) is 18.8. The van der Waals surface area contributed by atoms with E-state index in [9.17, 15) is 0 Å². The van der Waals surface area contributed by atoms with Crippen molar-refractivity contribution in [1.29, 1.82) is 0 Å². The fraction of sp³-hybridized carbons (Fsp3) is 0.316. The Hall–Kier alpha value is -1.56. The monoisotopic (exact) mass is 359 g/mol. The maximum atomic E-state index is 5.33. The van der Waals surface area contributed by atoms with Crippen LogP contribution in [0, 0.1) is 0 Å². The SMILES string of the molecule is CN(C)Cc1ccc(CNC(=S)NCCSc2ccccc2)cc1. The fourth-order valence-electron chi connectivity index (χ4n) is 2.22. The van der Waals surface area contributed by atoms with Crippen LogP contribution in [-0.2, 0) is 13.1 Å². The Kier molecular flexibility index (Phi) is 8.08. The largest absolute Gasteiger partial charge is 0.362 e. The highest BCUT2D eigenvalue weighted by atomic mass is 32.2. The molecular formula is C19H25N3S2. The van der Waals surface area contributed by atoms with Crippen LogP contribution in [0.3, 0.4) is 0 Å². The van der Waals surface area contributed by atoms with Crippen LogP contribution in [0.2, 0.25) is 0 Å². The highest BCUT2D eigenvalue weighted by Gasteiger charge is 1.99. The number of rotatable bonds is 8. The van der Waals surface area contributed by atoms with Crippen molar-refractivity contribution in [2.75, 3.05) is 26.4 Å². The van der Waals surface area contributed by atoms with E-state index >= 15 is 0 Å². The molecule has 0 radical (unpaired) electrons. The van der Waals surface area contributed by atoms with Crippen LogP contribution in [-0.4, -0.2) is 36.4 Å². The molecule has 3 nitrogen and oxygen atoms in total. The van der Waals surface area contributed by atoms with Crippen molar-refractivity contribution in [2.45, 2.75) is 18.0 Å². The first-order valence-corrected chi connectivity index (χ1v) is 9.45. The van der Waals surface area contributed by atoms with E-state index in [1.807, 2.05) is 17.8 Å². The van der Waals surface area contributed by atoms with Gasteiger partial charge in [0.05, 0.1) is 0 Å². The lowest BCUT2D eigenvalue weighted by atomic mass is 10.1. The van der Waals surface area contributed by atoms with Gasteiger partial charge in [0.25, 0.3) is 0 Å². The molecule has 0 heterocycles. The molecule has 0 amide bonds. The molecule has 24 heavy (non-hydrogen) atoms. The summed E-state index contributed by atoms with van der Waals surface area (Å²) in [6, 6.07) is 19.1. The van der Waals surface area contributed by atoms with E-state index in [1.54, 1.807) is 0 Å². The zero-order valence-corrected chi connectivity index (χ0v) is 15.9. The van der Waals surface area contributed by atoms with Crippen molar-refractivity contribution in [3.8, 4) is 0 Å². The minimum absolute atomic E-state index is 0.709. The molecule has 0 unspecified atom stereocenters. The molecule has 0 aliphatic rings. The summed E-state index contributed by atoms with van der Waals surface area (Å²) in [5.41, 5.74) is 2.56. The zero-order chi connectivity index (χ0) is 17.2. The van der Waals surface area contributed by atoms with E-state index in [0.717, 1.165) is 25.4 Å². The molecule has 0 aliphatic carbocycles. The van der Waals surface area contributed by atoms with Crippen molar-refractivity contribution < 1.29 is 0 Å². The predicted octanol–water partition coefficient (Wildman–Crippen LogP) is 3.50. The van der Waals surface area contributed by atoms with E-state index in [-0.39, 0.29) is 0 Å². The second kappa shape index (κ2) is 10.3. The second-order valence-corrected chi connectivity index (χ2v) is 7.40. The average molecular weight is 360 g/mol. The lowest BCUT2D eigenvalue weighted by molar-refractivity contribution is 0.402. The maximum absolute atomic E-state index is 5.33. The van der Waals surface area contributed by atoms with Gasteiger partial charge in [0.15, 0.2) is 5.11 Å². The smallest absolute Gasteiger partial charge is 0.166 e. The number of thioether (sulfide) groups is 1. The molecule has 2 aromatic rings. The van der Waals surface area contributed by atoms with E-state index in [4.69, 9.17) is 12.2 Å². The Morgan fingerprint density at radius 2 is 1.62 bits per heavy atom. The fourth-order valence-corrected chi connectivity index (χ4v) is 3.19. The van der Waals surface area contributed by atoms with Crippen LogP contribution in [0.5, 0.6) is 0 Å². The van der Waals surface area contributed by atoms with Crippen molar-refractivity contribution in [2.24, 2.45) is 0 Å². The molecule has 0 saturated carbocycles. The van der Waals surface area contributed by atoms with Gasteiger partial charge in [-0.15, -0.1) is 11.8 Å². The lowest BCUT2D eigenvalue weighted by Crippen LogP contribution is -2.35. The lowest BCUT2D eigenvalue weighted by Gasteiger charge is -2.12. The molecule has 2 aromatic carbocycles. The van der Waals surface area contributed by atoms with Crippen LogP contribution in [0.25, 0.3) is 0 Å². The molecule has 128 valence electrons. The molecule has 0 spiro atoms. The van der Waals surface area contributed by atoms with Crippen LogP contribution in [0.15, 0.2) is 59.5 Å². The Labute approximate surface area is 154 Å². The highest BCUT2D eigenvalue weighted by Crippen LogP contribution is 2.15. The summed E-state index contributed by atoms with van der Waals surface area (Å²) in [4.78, 5) is 3.45. The van der Waals surface area contributed by atoms with Gasteiger partial charge in [0.2, 0.25) is 0 Å². The third-order valence-corrected chi connectivity index (χ3v) is 4.68.